The van der Waals surface area contributed by atoms with Gasteiger partial charge in [0.25, 0.3) is 0 Å². The lowest BCUT2D eigenvalue weighted by Crippen LogP contribution is -2.53. The van der Waals surface area contributed by atoms with Crippen molar-refractivity contribution in [2.75, 3.05) is 0 Å². The Balaban J connectivity index is 1.63. The number of hydrogen-bond acceptors (Lipinski definition) is 2. The highest BCUT2D eigenvalue weighted by Gasteiger charge is 2.59. The van der Waals surface area contributed by atoms with Crippen LogP contribution in [0.25, 0.3) is 0 Å². The lowest BCUT2D eigenvalue weighted by Gasteiger charge is -2.60. The summed E-state index contributed by atoms with van der Waals surface area (Å²) in [5, 5.41) is 10.0. The van der Waals surface area contributed by atoms with Crippen LogP contribution in [-0.4, -0.2) is 17.0 Å². The maximum absolute atomic E-state index is 12.1. The Hall–Kier alpha value is -0.370. The second-order valence-corrected chi connectivity index (χ2v) is 9.20. The summed E-state index contributed by atoms with van der Waals surface area (Å²) in [6, 6.07) is 0. The highest BCUT2D eigenvalue weighted by Crippen LogP contribution is 2.65. The second-order valence-electron chi connectivity index (χ2n) is 9.20. The molecule has 2 unspecified atom stereocenters. The molecule has 4 fully saturated rings. The van der Waals surface area contributed by atoms with E-state index in [-0.39, 0.29) is 6.10 Å². The van der Waals surface area contributed by atoms with Gasteiger partial charge in [-0.3, -0.25) is 4.79 Å². The van der Waals surface area contributed by atoms with E-state index in [0.29, 0.717) is 22.5 Å². The quantitative estimate of drug-likeness (QED) is 0.733. The standard InChI is InChI=1S/C19H30O2/c1-18-7-6-16-15(17(18)10-14(21)11-18)4-3-12-9-13(20)5-8-19(12,16)2/h12-13,15-17,20H,3-11H2,1-2H3/t12?,13?,15-,16+,17+,18-,19+/m1/s1. The fourth-order valence-corrected chi connectivity index (χ4v) is 7.01. The molecular formula is C19H30O2. The molecule has 1 N–H and O–H groups in total. The van der Waals surface area contributed by atoms with Crippen LogP contribution in [-0.2, 0) is 4.79 Å². The largest absolute Gasteiger partial charge is 0.393 e. The van der Waals surface area contributed by atoms with Crippen molar-refractivity contribution < 1.29 is 9.90 Å². The summed E-state index contributed by atoms with van der Waals surface area (Å²) >= 11 is 0. The predicted molar refractivity (Wildman–Crippen MR) is 82.7 cm³/mol. The van der Waals surface area contributed by atoms with Crippen molar-refractivity contribution in [3.8, 4) is 0 Å². The molecule has 0 aromatic heterocycles. The maximum atomic E-state index is 12.1. The number of carbonyl (C=O) groups excluding carboxylic acids is 1. The summed E-state index contributed by atoms with van der Waals surface area (Å²) in [5.41, 5.74) is 0.755. The molecular weight excluding hydrogens is 260 g/mol. The summed E-state index contributed by atoms with van der Waals surface area (Å²) < 4.78 is 0. The molecule has 0 aromatic carbocycles. The van der Waals surface area contributed by atoms with Crippen molar-refractivity contribution in [2.24, 2.45) is 34.5 Å². The lowest BCUT2D eigenvalue weighted by atomic mass is 9.45. The SMILES string of the molecule is C[C@]12CC[C@H]3[C@@H](CCC4CC(O)CC[C@@]43C)[C@@H]1CC(=O)C2. The minimum absolute atomic E-state index is 0.0541. The van der Waals surface area contributed by atoms with Crippen molar-refractivity contribution in [2.45, 2.75) is 77.7 Å². The van der Waals surface area contributed by atoms with Crippen LogP contribution >= 0.6 is 0 Å². The summed E-state index contributed by atoms with van der Waals surface area (Å²) in [4.78, 5) is 12.1. The first-order valence-electron chi connectivity index (χ1n) is 9.12. The van der Waals surface area contributed by atoms with Crippen LogP contribution in [0.5, 0.6) is 0 Å². The molecule has 7 atom stereocenters. The first-order valence-corrected chi connectivity index (χ1v) is 9.12. The molecule has 0 saturated heterocycles. The van der Waals surface area contributed by atoms with Crippen LogP contribution in [0.4, 0.5) is 0 Å². The molecule has 21 heavy (non-hydrogen) atoms. The minimum atomic E-state index is -0.0541. The summed E-state index contributed by atoms with van der Waals surface area (Å²) in [6.45, 7) is 4.90. The highest BCUT2D eigenvalue weighted by molar-refractivity contribution is 5.82. The number of fused-ring (bicyclic) bond motifs is 5. The number of hydrogen-bond donors (Lipinski definition) is 1. The zero-order chi connectivity index (χ0) is 14.8. The predicted octanol–water partition coefficient (Wildman–Crippen LogP) is 3.96. The average molecular weight is 290 g/mol. The van der Waals surface area contributed by atoms with Crippen molar-refractivity contribution in [1.29, 1.82) is 0 Å². The number of Topliss-reactive ketones (excluding diaryl/α,β-unsaturated/α-hetero) is 1. The van der Waals surface area contributed by atoms with Gasteiger partial charge < -0.3 is 5.11 Å². The van der Waals surface area contributed by atoms with Gasteiger partial charge in [-0.25, -0.2) is 0 Å². The van der Waals surface area contributed by atoms with Gasteiger partial charge in [-0.05, 0) is 79.4 Å². The second kappa shape index (κ2) is 4.57. The van der Waals surface area contributed by atoms with Gasteiger partial charge in [-0.2, -0.15) is 0 Å². The van der Waals surface area contributed by atoms with Gasteiger partial charge in [0, 0.05) is 12.8 Å². The minimum Gasteiger partial charge on any atom is -0.393 e. The fraction of sp³-hybridized carbons (Fsp3) is 0.947. The molecule has 4 aliphatic carbocycles. The van der Waals surface area contributed by atoms with E-state index in [4.69, 9.17) is 0 Å². The third-order valence-electron chi connectivity index (χ3n) is 8.20. The summed E-state index contributed by atoms with van der Waals surface area (Å²) in [7, 11) is 0. The van der Waals surface area contributed by atoms with Crippen molar-refractivity contribution in [3.63, 3.8) is 0 Å². The summed E-state index contributed by atoms with van der Waals surface area (Å²) in [5.74, 6) is 3.51. The van der Waals surface area contributed by atoms with Gasteiger partial charge in [0.15, 0.2) is 0 Å². The van der Waals surface area contributed by atoms with Gasteiger partial charge in [-0.15, -0.1) is 0 Å². The number of rotatable bonds is 0. The third-order valence-corrected chi connectivity index (χ3v) is 8.20. The molecule has 0 aliphatic heterocycles. The highest BCUT2D eigenvalue weighted by atomic mass is 16.3. The topological polar surface area (TPSA) is 37.3 Å². The molecule has 0 bridgehead atoms. The molecule has 4 rings (SSSR count). The van der Waals surface area contributed by atoms with Crippen LogP contribution in [0.15, 0.2) is 0 Å². The number of carbonyl (C=O) groups is 1. The van der Waals surface area contributed by atoms with Gasteiger partial charge in [0.2, 0.25) is 0 Å². The molecule has 0 aromatic rings. The van der Waals surface area contributed by atoms with Crippen molar-refractivity contribution in [3.05, 3.63) is 0 Å². The van der Waals surface area contributed by atoms with Crippen LogP contribution in [0.1, 0.15) is 71.6 Å². The molecule has 2 nitrogen and oxygen atoms in total. The van der Waals surface area contributed by atoms with Gasteiger partial charge in [0.1, 0.15) is 5.78 Å². The molecule has 0 radical (unpaired) electrons. The number of ketones is 1. The smallest absolute Gasteiger partial charge is 0.133 e. The summed E-state index contributed by atoms with van der Waals surface area (Å²) in [6.07, 6.45) is 10.1. The molecule has 4 saturated carbocycles. The molecule has 0 heterocycles. The Labute approximate surface area is 128 Å². The Bertz CT molecular complexity index is 458. The van der Waals surface area contributed by atoms with Crippen molar-refractivity contribution in [1.82, 2.24) is 0 Å². The molecule has 0 spiro atoms. The Morgan fingerprint density at radius 2 is 1.86 bits per heavy atom. The number of aliphatic hydroxyl groups excluding tert-OH is 1. The maximum Gasteiger partial charge on any atom is 0.133 e. The van der Waals surface area contributed by atoms with Gasteiger partial charge >= 0.3 is 0 Å². The first kappa shape index (κ1) is 14.2. The van der Waals surface area contributed by atoms with Crippen LogP contribution < -0.4 is 0 Å². The van der Waals surface area contributed by atoms with Gasteiger partial charge in [0.05, 0.1) is 6.10 Å². The van der Waals surface area contributed by atoms with Crippen LogP contribution in [0.3, 0.4) is 0 Å². The van der Waals surface area contributed by atoms with Gasteiger partial charge in [-0.1, -0.05) is 13.8 Å². The molecule has 118 valence electrons. The third kappa shape index (κ3) is 1.97. The Kier molecular flexibility index (Phi) is 3.10. The van der Waals surface area contributed by atoms with E-state index in [1.54, 1.807) is 0 Å². The van der Waals surface area contributed by atoms with E-state index in [2.05, 4.69) is 13.8 Å². The van der Waals surface area contributed by atoms with Crippen LogP contribution in [0.2, 0.25) is 0 Å². The number of aliphatic hydroxyl groups is 1. The van der Waals surface area contributed by atoms with Crippen molar-refractivity contribution >= 4 is 5.78 Å². The monoisotopic (exact) mass is 290 g/mol. The molecule has 4 aliphatic rings. The van der Waals surface area contributed by atoms with E-state index in [0.717, 1.165) is 43.4 Å². The zero-order valence-electron chi connectivity index (χ0n) is 13.6. The Morgan fingerprint density at radius 1 is 1.05 bits per heavy atom. The van der Waals surface area contributed by atoms with E-state index >= 15 is 0 Å². The normalized spacial score (nSPS) is 56.5. The lowest BCUT2D eigenvalue weighted by molar-refractivity contribution is -0.121. The Morgan fingerprint density at radius 3 is 2.67 bits per heavy atom. The molecule has 0 amide bonds. The van der Waals surface area contributed by atoms with E-state index in [1.807, 2.05) is 0 Å². The van der Waals surface area contributed by atoms with E-state index in [1.165, 1.54) is 32.1 Å². The average Bonchev–Trinajstić information content (AvgIpc) is 2.74. The fourth-order valence-electron chi connectivity index (χ4n) is 7.01. The van der Waals surface area contributed by atoms with E-state index < -0.39 is 0 Å². The molecule has 2 heteroatoms. The van der Waals surface area contributed by atoms with E-state index in [9.17, 15) is 9.90 Å². The first-order chi connectivity index (χ1) is 9.92. The van der Waals surface area contributed by atoms with Crippen LogP contribution in [0, 0.1) is 34.5 Å². The zero-order valence-corrected chi connectivity index (χ0v) is 13.6.